The Kier molecular flexibility index (Phi) is 6.26. The fraction of sp³-hybridized carbons (Fsp3) is 0.389. The SMILES string of the molecule is COCCCNC(=O)c1cc(C)nc(Nc2ccc(C)c(C)c2)n1. The third-order valence-corrected chi connectivity index (χ3v) is 3.66. The topological polar surface area (TPSA) is 76.1 Å². The first-order chi connectivity index (χ1) is 11.5. The summed E-state index contributed by atoms with van der Waals surface area (Å²) in [5.74, 6) is 0.208. The average Bonchev–Trinajstić information content (AvgIpc) is 2.54. The number of aromatic nitrogens is 2. The van der Waals surface area contributed by atoms with Crippen molar-refractivity contribution in [3.63, 3.8) is 0 Å². The number of anilines is 2. The van der Waals surface area contributed by atoms with Gasteiger partial charge in [0.1, 0.15) is 5.69 Å². The van der Waals surface area contributed by atoms with Crippen LogP contribution in [0, 0.1) is 20.8 Å². The number of hydrogen-bond acceptors (Lipinski definition) is 5. The van der Waals surface area contributed by atoms with Gasteiger partial charge in [-0.15, -0.1) is 0 Å². The van der Waals surface area contributed by atoms with E-state index in [1.165, 1.54) is 11.1 Å². The number of nitrogens with zero attached hydrogens (tertiary/aromatic N) is 2. The normalized spacial score (nSPS) is 10.5. The van der Waals surface area contributed by atoms with E-state index in [-0.39, 0.29) is 5.91 Å². The monoisotopic (exact) mass is 328 g/mol. The third-order valence-electron chi connectivity index (χ3n) is 3.66. The standard InChI is InChI=1S/C18H24N4O2/c1-12-6-7-15(10-13(12)2)21-18-20-14(3)11-16(22-18)17(23)19-8-5-9-24-4/h6-7,10-11H,5,8-9H2,1-4H3,(H,19,23)(H,20,21,22). The largest absolute Gasteiger partial charge is 0.385 e. The number of nitrogens with one attached hydrogen (secondary N) is 2. The molecular weight excluding hydrogens is 304 g/mol. The van der Waals surface area contributed by atoms with E-state index < -0.39 is 0 Å². The molecule has 0 spiro atoms. The minimum atomic E-state index is -0.209. The van der Waals surface area contributed by atoms with E-state index in [0.717, 1.165) is 17.8 Å². The van der Waals surface area contributed by atoms with Crippen molar-refractivity contribution >= 4 is 17.5 Å². The van der Waals surface area contributed by atoms with Crippen LogP contribution in [0.15, 0.2) is 24.3 Å². The van der Waals surface area contributed by atoms with Gasteiger partial charge in [0.2, 0.25) is 5.95 Å². The minimum absolute atomic E-state index is 0.209. The fourth-order valence-corrected chi connectivity index (χ4v) is 2.20. The molecule has 0 unspecified atom stereocenters. The van der Waals surface area contributed by atoms with E-state index in [4.69, 9.17) is 4.74 Å². The smallest absolute Gasteiger partial charge is 0.270 e. The summed E-state index contributed by atoms with van der Waals surface area (Å²) in [4.78, 5) is 20.9. The molecule has 0 saturated carbocycles. The van der Waals surface area contributed by atoms with Gasteiger partial charge in [0, 0.05) is 31.6 Å². The van der Waals surface area contributed by atoms with Gasteiger partial charge in [-0.1, -0.05) is 6.07 Å². The van der Waals surface area contributed by atoms with Crippen molar-refractivity contribution in [2.24, 2.45) is 0 Å². The van der Waals surface area contributed by atoms with Gasteiger partial charge < -0.3 is 15.4 Å². The highest BCUT2D eigenvalue weighted by Gasteiger charge is 2.10. The molecule has 1 aromatic carbocycles. The quantitative estimate of drug-likeness (QED) is 0.764. The number of rotatable bonds is 7. The van der Waals surface area contributed by atoms with Crippen molar-refractivity contribution in [2.45, 2.75) is 27.2 Å². The lowest BCUT2D eigenvalue weighted by atomic mass is 10.1. The van der Waals surface area contributed by atoms with E-state index in [2.05, 4.69) is 34.4 Å². The molecule has 1 heterocycles. The summed E-state index contributed by atoms with van der Waals surface area (Å²) in [6.07, 6.45) is 0.764. The van der Waals surface area contributed by atoms with E-state index in [1.54, 1.807) is 13.2 Å². The van der Waals surface area contributed by atoms with Gasteiger partial charge in [-0.05, 0) is 56.5 Å². The molecule has 0 saturated heterocycles. The first kappa shape index (κ1) is 17.9. The Morgan fingerprint density at radius 3 is 2.62 bits per heavy atom. The minimum Gasteiger partial charge on any atom is -0.385 e. The molecule has 1 aromatic heterocycles. The zero-order valence-corrected chi connectivity index (χ0v) is 14.6. The third kappa shape index (κ3) is 5.03. The number of carbonyl (C=O) groups is 1. The zero-order chi connectivity index (χ0) is 17.5. The second kappa shape index (κ2) is 8.40. The lowest BCUT2D eigenvalue weighted by Crippen LogP contribution is -2.26. The Hall–Kier alpha value is -2.47. The van der Waals surface area contributed by atoms with E-state index in [0.29, 0.717) is 24.8 Å². The maximum atomic E-state index is 12.2. The van der Waals surface area contributed by atoms with Crippen LogP contribution in [0.4, 0.5) is 11.6 Å². The van der Waals surface area contributed by atoms with Gasteiger partial charge in [-0.2, -0.15) is 0 Å². The zero-order valence-electron chi connectivity index (χ0n) is 14.6. The summed E-state index contributed by atoms with van der Waals surface area (Å²) < 4.78 is 4.97. The predicted octanol–water partition coefficient (Wildman–Crippen LogP) is 2.91. The van der Waals surface area contributed by atoms with Crippen LogP contribution in [-0.4, -0.2) is 36.1 Å². The van der Waals surface area contributed by atoms with Gasteiger partial charge in [0.15, 0.2) is 0 Å². The fourth-order valence-electron chi connectivity index (χ4n) is 2.20. The number of ether oxygens (including phenoxy) is 1. The number of methoxy groups -OCH3 is 1. The van der Waals surface area contributed by atoms with E-state index in [9.17, 15) is 4.79 Å². The summed E-state index contributed by atoms with van der Waals surface area (Å²) in [6.45, 7) is 7.12. The van der Waals surface area contributed by atoms with Crippen LogP contribution in [0.5, 0.6) is 0 Å². The number of aryl methyl sites for hydroxylation is 3. The summed E-state index contributed by atoms with van der Waals surface area (Å²) in [5.41, 5.74) is 4.39. The Morgan fingerprint density at radius 1 is 1.12 bits per heavy atom. The molecule has 0 aliphatic carbocycles. The van der Waals surface area contributed by atoms with Crippen LogP contribution in [0.25, 0.3) is 0 Å². The highest BCUT2D eigenvalue weighted by molar-refractivity contribution is 5.92. The van der Waals surface area contributed by atoms with Crippen LogP contribution in [-0.2, 0) is 4.74 Å². The summed E-state index contributed by atoms with van der Waals surface area (Å²) in [7, 11) is 1.64. The van der Waals surface area contributed by atoms with Gasteiger partial charge >= 0.3 is 0 Å². The van der Waals surface area contributed by atoms with Crippen LogP contribution in [0.2, 0.25) is 0 Å². The maximum absolute atomic E-state index is 12.2. The van der Waals surface area contributed by atoms with Gasteiger partial charge in [-0.3, -0.25) is 4.79 Å². The summed E-state index contributed by atoms with van der Waals surface area (Å²) >= 11 is 0. The number of amides is 1. The average molecular weight is 328 g/mol. The Labute approximate surface area is 142 Å². The lowest BCUT2D eigenvalue weighted by Gasteiger charge is -2.10. The maximum Gasteiger partial charge on any atom is 0.270 e. The molecule has 2 aromatic rings. The van der Waals surface area contributed by atoms with Crippen LogP contribution < -0.4 is 10.6 Å². The molecular formula is C18H24N4O2. The molecule has 128 valence electrons. The van der Waals surface area contributed by atoms with Crippen molar-refractivity contribution in [3.8, 4) is 0 Å². The molecule has 0 aliphatic rings. The van der Waals surface area contributed by atoms with Crippen molar-refractivity contribution in [1.82, 2.24) is 15.3 Å². The Morgan fingerprint density at radius 2 is 1.92 bits per heavy atom. The van der Waals surface area contributed by atoms with Gasteiger partial charge in [0.25, 0.3) is 5.91 Å². The molecule has 0 fully saturated rings. The van der Waals surface area contributed by atoms with Crippen LogP contribution >= 0.6 is 0 Å². The second-order valence-corrected chi connectivity index (χ2v) is 5.74. The molecule has 6 heteroatoms. The summed E-state index contributed by atoms with van der Waals surface area (Å²) in [6, 6.07) is 7.72. The van der Waals surface area contributed by atoms with E-state index >= 15 is 0 Å². The van der Waals surface area contributed by atoms with Crippen LogP contribution in [0.1, 0.15) is 33.7 Å². The lowest BCUT2D eigenvalue weighted by molar-refractivity contribution is 0.0943. The van der Waals surface area contributed by atoms with Crippen molar-refractivity contribution in [3.05, 3.63) is 46.8 Å². The molecule has 24 heavy (non-hydrogen) atoms. The van der Waals surface area contributed by atoms with Crippen molar-refractivity contribution < 1.29 is 9.53 Å². The highest BCUT2D eigenvalue weighted by Crippen LogP contribution is 2.18. The molecule has 2 N–H and O–H groups in total. The van der Waals surface area contributed by atoms with Gasteiger partial charge in [0.05, 0.1) is 0 Å². The number of benzene rings is 1. The predicted molar refractivity (Wildman–Crippen MR) is 94.8 cm³/mol. The van der Waals surface area contributed by atoms with Crippen molar-refractivity contribution in [1.29, 1.82) is 0 Å². The Balaban J connectivity index is 2.10. The molecule has 6 nitrogen and oxygen atoms in total. The molecule has 1 amide bonds. The molecule has 0 aliphatic heterocycles. The van der Waals surface area contributed by atoms with Crippen molar-refractivity contribution in [2.75, 3.05) is 25.6 Å². The molecule has 0 bridgehead atoms. The molecule has 2 rings (SSSR count). The Bertz CT molecular complexity index is 716. The van der Waals surface area contributed by atoms with Gasteiger partial charge in [-0.25, -0.2) is 9.97 Å². The first-order valence-electron chi connectivity index (χ1n) is 7.96. The molecule has 0 radical (unpaired) electrons. The second-order valence-electron chi connectivity index (χ2n) is 5.74. The summed E-state index contributed by atoms with van der Waals surface area (Å²) in [5, 5.41) is 5.99. The number of hydrogen-bond donors (Lipinski definition) is 2. The van der Waals surface area contributed by atoms with E-state index in [1.807, 2.05) is 25.1 Å². The number of carbonyl (C=O) groups excluding carboxylic acids is 1. The van der Waals surface area contributed by atoms with Crippen LogP contribution in [0.3, 0.4) is 0 Å². The first-order valence-corrected chi connectivity index (χ1v) is 7.96. The molecule has 0 atom stereocenters. The highest BCUT2D eigenvalue weighted by atomic mass is 16.5.